The van der Waals surface area contributed by atoms with Crippen LogP contribution >= 0.6 is 0 Å². The van der Waals surface area contributed by atoms with Gasteiger partial charge in [0.2, 0.25) is 0 Å². The van der Waals surface area contributed by atoms with Crippen molar-refractivity contribution in [3.05, 3.63) is 75.4 Å². The Hall–Kier alpha value is -2.35. The Balaban J connectivity index is 2.20. The van der Waals surface area contributed by atoms with E-state index in [1.165, 1.54) is 27.8 Å². The average molecular weight is 461 g/mol. The molecule has 1 aliphatic rings. The second-order valence-corrected chi connectivity index (χ2v) is 12.0. The van der Waals surface area contributed by atoms with Crippen molar-refractivity contribution in [3.63, 3.8) is 0 Å². The number of esters is 1. The molecule has 0 amide bonds. The van der Waals surface area contributed by atoms with E-state index in [1.54, 1.807) is 0 Å². The molecule has 0 spiro atoms. The molecule has 2 nitrogen and oxygen atoms in total. The molecule has 0 aromatic heterocycles. The molecule has 0 fully saturated rings. The Labute approximate surface area is 207 Å². The highest BCUT2D eigenvalue weighted by atomic mass is 16.5. The van der Waals surface area contributed by atoms with Crippen molar-refractivity contribution in [3.8, 4) is 5.75 Å². The summed E-state index contributed by atoms with van der Waals surface area (Å²) in [6.45, 7) is 22.3. The van der Waals surface area contributed by atoms with Gasteiger partial charge in [-0.2, -0.15) is 0 Å². The lowest BCUT2D eigenvalue weighted by molar-refractivity contribution is -0.134. The van der Waals surface area contributed by atoms with Crippen LogP contribution in [0.1, 0.15) is 107 Å². The minimum atomic E-state index is -0.174. The molecule has 0 saturated heterocycles. The summed E-state index contributed by atoms with van der Waals surface area (Å²) in [7, 11) is 0. The first kappa shape index (κ1) is 26.3. The van der Waals surface area contributed by atoms with E-state index in [0.29, 0.717) is 6.42 Å². The van der Waals surface area contributed by atoms with Crippen LogP contribution in [0.15, 0.2) is 36.4 Å². The van der Waals surface area contributed by atoms with Gasteiger partial charge in [-0.25, -0.2) is 0 Å². The fraction of sp³-hybridized carbons (Fsp3) is 0.531. The van der Waals surface area contributed by atoms with Crippen molar-refractivity contribution in [1.82, 2.24) is 0 Å². The zero-order valence-corrected chi connectivity index (χ0v) is 23.1. The molecular weight excluding hydrogens is 416 g/mol. The summed E-state index contributed by atoms with van der Waals surface area (Å²) in [5, 5.41) is 0. The predicted octanol–water partition coefficient (Wildman–Crippen LogP) is 8.31. The molecule has 0 aliphatic heterocycles. The third-order valence-electron chi connectivity index (χ3n) is 7.84. The van der Waals surface area contributed by atoms with Gasteiger partial charge in [-0.15, -0.1) is 0 Å². The zero-order chi connectivity index (χ0) is 25.5. The van der Waals surface area contributed by atoms with E-state index in [2.05, 4.69) is 98.7 Å². The van der Waals surface area contributed by atoms with Crippen LogP contribution in [0.2, 0.25) is 0 Å². The molecular formula is C32H44O2. The molecule has 1 aliphatic carbocycles. The molecule has 184 valence electrons. The van der Waals surface area contributed by atoms with Crippen molar-refractivity contribution in [2.75, 3.05) is 0 Å². The van der Waals surface area contributed by atoms with Gasteiger partial charge in [-0.1, -0.05) is 97.4 Å². The number of hydrogen-bond donors (Lipinski definition) is 0. The quantitative estimate of drug-likeness (QED) is 0.225. The van der Waals surface area contributed by atoms with Gasteiger partial charge in [-0.3, -0.25) is 4.79 Å². The number of carbonyl (C=O) groups is 1. The highest BCUT2D eigenvalue weighted by Gasteiger charge is 2.47. The summed E-state index contributed by atoms with van der Waals surface area (Å²) in [5.41, 5.74) is 8.76. The van der Waals surface area contributed by atoms with Crippen molar-refractivity contribution >= 4 is 5.97 Å². The van der Waals surface area contributed by atoms with Crippen molar-refractivity contribution in [2.45, 2.75) is 106 Å². The summed E-state index contributed by atoms with van der Waals surface area (Å²) in [5.74, 6) is 0.621. The molecule has 0 unspecified atom stereocenters. The molecule has 0 saturated carbocycles. The minimum absolute atomic E-state index is 0.00141. The smallest absolute Gasteiger partial charge is 0.311 e. The molecule has 34 heavy (non-hydrogen) atoms. The SMILES string of the molecule is CCCC(=O)Oc1c(Cc2cc(CC)cc(C(C)(C)C)c2C)cc(C)cc1C(C)(C)C1(C)C=C1. The van der Waals surface area contributed by atoms with E-state index in [1.807, 2.05) is 6.92 Å². The number of benzene rings is 2. The zero-order valence-electron chi connectivity index (χ0n) is 23.1. The molecule has 2 heteroatoms. The first-order valence-corrected chi connectivity index (χ1v) is 12.9. The Bertz CT molecular complexity index is 1100. The molecule has 2 aromatic carbocycles. The number of aryl methyl sites for hydroxylation is 2. The predicted molar refractivity (Wildman–Crippen MR) is 144 cm³/mol. The van der Waals surface area contributed by atoms with Crippen molar-refractivity contribution in [2.24, 2.45) is 5.41 Å². The summed E-state index contributed by atoms with van der Waals surface area (Å²) in [4.78, 5) is 12.8. The monoisotopic (exact) mass is 460 g/mol. The first-order chi connectivity index (χ1) is 15.7. The maximum absolute atomic E-state index is 12.8. The standard InChI is InChI=1S/C32H44O2/c1-11-13-28(33)34-29-25(16-21(3)17-27(29)31(8,9)32(10)14-15-32)20-24-18-23(12-2)19-26(22(24)4)30(5,6)7/h14-19H,11-13,20H2,1-10H3. The average Bonchev–Trinajstić information content (AvgIpc) is 3.49. The van der Waals surface area contributed by atoms with E-state index < -0.39 is 0 Å². The molecule has 0 N–H and O–H groups in total. The van der Waals surface area contributed by atoms with Crippen LogP contribution in [-0.4, -0.2) is 5.97 Å². The largest absolute Gasteiger partial charge is 0.426 e. The Morgan fingerprint density at radius 1 is 0.912 bits per heavy atom. The Kier molecular flexibility index (Phi) is 7.23. The topological polar surface area (TPSA) is 26.3 Å². The molecule has 0 radical (unpaired) electrons. The lowest BCUT2D eigenvalue weighted by atomic mass is 9.69. The highest BCUT2D eigenvalue weighted by Crippen LogP contribution is 2.54. The number of ether oxygens (including phenoxy) is 1. The van der Waals surface area contributed by atoms with Gasteiger partial charge < -0.3 is 4.74 Å². The second kappa shape index (κ2) is 9.36. The van der Waals surface area contributed by atoms with Crippen LogP contribution in [0.25, 0.3) is 0 Å². The van der Waals surface area contributed by atoms with Crippen LogP contribution in [0.4, 0.5) is 0 Å². The van der Waals surface area contributed by atoms with Gasteiger partial charge in [0, 0.05) is 29.2 Å². The van der Waals surface area contributed by atoms with E-state index in [4.69, 9.17) is 4.74 Å². The van der Waals surface area contributed by atoms with Gasteiger partial charge in [-0.05, 0) is 59.9 Å². The third-order valence-corrected chi connectivity index (χ3v) is 7.84. The van der Waals surface area contributed by atoms with Crippen molar-refractivity contribution < 1.29 is 9.53 Å². The summed E-state index contributed by atoms with van der Waals surface area (Å²) < 4.78 is 6.18. The first-order valence-electron chi connectivity index (χ1n) is 12.9. The van der Waals surface area contributed by atoms with Gasteiger partial charge in [0.1, 0.15) is 5.75 Å². The van der Waals surface area contributed by atoms with E-state index in [0.717, 1.165) is 36.1 Å². The van der Waals surface area contributed by atoms with E-state index in [-0.39, 0.29) is 22.2 Å². The van der Waals surface area contributed by atoms with Crippen LogP contribution in [0.5, 0.6) is 5.75 Å². The summed E-state index contributed by atoms with van der Waals surface area (Å²) in [6, 6.07) is 9.15. The van der Waals surface area contributed by atoms with Crippen LogP contribution in [-0.2, 0) is 28.5 Å². The Morgan fingerprint density at radius 2 is 1.56 bits per heavy atom. The van der Waals surface area contributed by atoms with Gasteiger partial charge in [0.25, 0.3) is 0 Å². The number of hydrogen-bond acceptors (Lipinski definition) is 2. The summed E-state index contributed by atoms with van der Waals surface area (Å²) >= 11 is 0. The highest BCUT2D eigenvalue weighted by molar-refractivity contribution is 5.74. The number of rotatable bonds is 8. The van der Waals surface area contributed by atoms with Crippen LogP contribution < -0.4 is 4.74 Å². The molecule has 2 aromatic rings. The normalized spacial score (nSPS) is 14.9. The molecule has 0 atom stereocenters. The Morgan fingerprint density at radius 3 is 2.09 bits per heavy atom. The molecule has 3 rings (SSSR count). The van der Waals surface area contributed by atoms with Crippen LogP contribution in [0.3, 0.4) is 0 Å². The third kappa shape index (κ3) is 5.16. The molecule has 0 bridgehead atoms. The van der Waals surface area contributed by atoms with Gasteiger partial charge >= 0.3 is 5.97 Å². The van der Waals surface area contributed by atoms with Gasteiger partial charge in [0.05, 0.1) is 0 Å². The summed E-state index contributed by atoms with van der Waals surface area (Å²) in [6.07, 6.45) is 7.50. The van der Waals surface area contributed by atoms with Crippen molar-refractivity contribution in [1.29, 1.82) is 0 Å². The lowest BCUT2D eigenvalue weighted by Gasteiger charge is -2.35. The van der Waals surface area contributed by atoms with E-state index >= 15 is 0 Å². The maximum Gasteiger partial charge on any atom is 0.311 e. The maximum atomic E-state index is 12.8. The number of carbonyl (C=O) groups excluding carboxylic acids is 1. The van der Waals surface area contributed by atoms with E-state index in [9.17, 15) is 4.79 Å². The number of allylic oxidation sites excluding steroid dienone is 2. The minimum Gasteiger partial charge on any atom is -0.426 e. The fourth-order valence-corrected chi connectivity index (χ4v) is 4.98. The fourth-order valence-electron chi connectivity index (χ4n) is 4.98. The van der Waals surface area contributed by atoms with Crippen LogP contribution in [0, 0.1) is 19.3 Å². The lowest BCUT2D eigenvalue weighted by Crippen LogP contribution is -2.31. The van der Waals surface area contributed by atoms with Gasteiger partial charge in [0.15, 0.2) is 0 Å². The second-order valence-electron chi connectivity index (χ2n) is 12.0. The molecule has 0 heterocycles.